The zero-order valence-corrected chi connectivity index (χ0v) is 19.3. The summed E-state index contributed by atoms with van der Waals surface area (Å²) in [4.78, 5) is 2.69. The van der Waals surface area contributed by atoms with Crippen LogP contribution in [-0.2, 0) is 6.54 Å². The lowest BCUT2D eigenvalue weighted by molar-refractivity contribution is 0.208. The van der Waals surface area contributed by atoms with Gasteiger partial charge in [-0.25, -0.2) is 0 Å². The number of benzene rings is 3. The SMILES string of the molecule is c1ccc(C2CCN(CCCCCCCn3c4ccccc4c4ccccc43)CC2)cc1. The highest BCUT2D eigenvalue weighted by molar-refractivity contribution is 6.07. The molecule has 4 aromatic rings. The lowest BCUT2D eigenvalue weighted by Gasteiger charge is -2.32. The standard InChI is InChI=1S/C30H36N2/c1(2-11-21-31-23-19-26(20-24-31)25-13-5-4-6-14-25)3-12-22-32-29-17-9-7-15-27(29)28-16-8-10-18-30(28)32/h4-10,13-18,26H,1-3,11-12,19-24H2. The van der Waals surface area contributed by atoms with Crippen molar-refractivity contribution >= 4 is 21.8 Å². The number of aromatic nitrogens is 1. The summed E-state index contributed by atoms with van der Waals surface area (Å²) >= 11 is 0. The Morgan fingerprint density at radius 3 is 1.75 bits per heavy atom. The number of hydrogen-bond donors (Lipinski definition) is 0. The summed E-state index contributed by atoms with van der Waals surface area (Å²) < 4.78 is 2.53. The molecule has 5 rings (SSSR count). The Morgan fingerprint density at radius 1 is 0.562 bits per heavy atom. The molecule has 1 aliphatic heterocycles. The number of aryl methyl sites for hydroxylation is 1. The maximum absolute atomic E-state index is 2.69. The predicted molar refractivity (Wildman–Crippen MR) is 137 cm³/mol. The highest BCUT2D eigenvalue weighted by Gasteiger charge is 2.19. The van der Waals surface area contributed by atoms with Gasteiger partial charge in [0.05, 0.1) is 0 Å². The van der Waals surface area contributed by atoms with Crippen LogP contribution in [0.1, 0.15) is 56.4 Å². The Hall–Kier alpha value is -2.58. The number of unbranched alkanes of at least 4 members (excludes halogenated alkanes) is 4. The van der Waals surface area contributed by atoms with Crippen molar-refractivity contribution in [3.05, 3.63) is 84.4 Å². The van der Waals surface area contributed by atoms with Crippen LogP contribution < -0.4 is 0 Å². The Bertz CT molecular complexity index is 1070. The van der Waals surface area contributed by atoms with Gasteiger partial charge in [0, 0.05) is 28.4 Å². The van der Waals surface area contributed by atoms with Crippen molar-refractivity contribution in [3.8, 4) is 0 Å². The number of piperidine rings is 1. The third kappa shape index (κ3) is 4.76. The molecule has 166 valence electrons. The molecule has 0 spiro atoms. The van der Waals surface area contributed by atoms with Crippen molar-refractivity contribution in [3.63, 3.8) is 0 Å². The van der Waals surface area contributed by atoms with Crippen molar-refractivity contribution in [1.29, 1.82) is 0 Å². The number of likely N-dealkylation sites (tertiary alicyclic amines) is 1. The van der Waals surface area contributed by atoms with Crippen molar-refractivity contribution < 1.29 is 0 Å². The van der Waals surface area contributed by atoms with E-state index in [1.54, 1.807) is 0 Å². The van der Waals surface area contributed by atoms with Gasteiger partial charge in [-0.2, -0.15) is 0 Å². The van der Waals surface area contributed by atoms with E-state index in [4.69, 9.17) is 0 Å². The Morgan fingerprint density at radius 2 is 1.09 bits per heavy atom. The summed E-state index contributed by atoms with van der Waals surface area (Å²) in [5.74, 6) is 0.772. The summed E-state index contributed by atoms with van der Waals surface area (Å²) in [5, 5.41) is 2.78. The molecule has 0 radical (unpaired) electrons. The second-order valence-electron chi connectivity index (χ2n) is 9.48. The number of hydrogen-bond acceptors (Lipinski definition) is 1. The maximum atomic E-state index is 2.69. The van der Waals surface area contributed by atoms with E-state index < -0.39 is 0 Å². The van der Waals surface area contributed by atoms with Gasteiger partial charge in [0.1, 0.15) is 0 Å². The molecule has 2 nitrogen and oxygen atoms in total. The van der Waals surface area contributed by atoms with Crippen LogP contribution in [0.2, 0.25) is 0 Å². The predicted octanol–water partition coefficient (Wildman–Crippen LogP) is 7.62. The summed E-state index contributed by atoms with van der Waals surface area (Å²) in [7, 11) is 0. The van der Waals surface area contributed by atoms with Gasteiger partial charge in [-0.3, -0.25) is 0 Å². The van der Waals surface area contributed by atoms with Crippen molar-refractivity contribution in [1.82, 2.24) is 9.47 Å². The molecule has 2 heterocycles. The first kappa shape index (κ1) is 21.3. The van der Waals surface area contributed by atoms with Crippen molar-refractivity contribution in [2.45, 2.75) is 57.4 Å². The highest BCUT2D eigenvalue weighted by atomic mass is 15.1. The zero-order chi connectivity index (χ0) is 21.6. The molecule has 1 fully saturated rings. The Labute approximate surface area is 192 Å². The van der Waals surface area contributed by atoms with Gasteiger partial charge in [0.25, 0.3) is 0 Å². The zero-order valence-electron chi connectivity index (χ0n) is 19.3. The van der Waals surface area contributed by atoms with Gasteiger partial charge in [0.2, 0.25) is 0 Å². The van der Waals surface area contributed by atoms with E-state index in [-0.39, 0.29) is 0 Å². The maximum Gasteiger partial charge on any atom is 0.0491 e. The quantitative estimate of drug-likeness (QED) is 0.251. The molecule has 0 amide bonds. The van der Waals surface area contributed by atoms with E-state index in [0.717, 1.165) is 12.5 Å². The summed E-state index contributed by atoms with van der Waals surface area (Å²) in [5.41, 5.74) is 4.30. The molecular formula is C30H36N2. The third-order valence-electron chi connectivity index (χ3n) is 7.39. The van der Waals surface area contributed by atoms with Crippen molar-refractivity contribution in [2.24, 2.45) is 0 Å². The lowest BCUT2D eigenvalue weighted by Crippen LogP contribution is -2.33. The molecule has 1 aliphatic rings. The van der Waals surface area contributed by atoms with E-state index in [1.807, 2.05) is 0 Å². The molecule has 2 heteroatoms. The Balaban J connectivity index is 1.02. The number of rotatable bonds is 9. The van der Waals surface area contributed by atoms with Crippen LogP contribution in [0.25, 0.3) is 21.8 Å². The van der Waals surface area contributed by atoms with E-state index in [0.29, 0.717) is 0 Å². The highest BCUT2D eigenvalue weighted by Crippen LogP contribution is 2.29. The molecule has 32 heavy (non-hydrogen) atoms. The largest absolute Gasteiger partial charge is 0.340 e. The summed E-state index contributed by atoms with van der Waals surface area (Å²) in [6, 6.07) is 28.8. The van der Waals surface area contributed by atoms with Gasteiger partial charge in [0.15, 0.2) is 0 Å². The minimum Gasteiger partial charge on any atom is -0.340 e. The second kappa shape index (κ2) is 10.4. The molecule has 0 atom stereocenters. The third-order valence-corrected chi connectivity index (χ3v) is 7.39. The van der Waals surface area contributed by atoms with Crippen LogP contribution in [0.4, 0.5) is 0 Å². The molecule has 0 bridgehead atoms. The second-order valence-corrected chi connectivity index (χ2v) is 9.48. The van der Waals surface area contributed by atoms with Gasteiger partial charge in [-0.15, -0.1) is 0 Å². The summed E-state index contributed by atoms with van der Waals surface area (Å²) in [6.07, 6.45) is 9.32. The molecule has 0 unspecified atom stereocenters. The van der Waals surface area contributed by atoms with Gasteiger partial charge >= 0.3 is 0 Å². The average molecular weight is 425 g/mol. The first-order valence-corrected chi connectivity index (χ1v) is 12.6. The Kier molecular flexibility index (Phi) is 6.89. The minimum absolute atomic E-state index is 0.772. The fourth-order valence-corrected chi connectivity index (χ4v) is 5.59. The first-order chi connectivity index (χ1) is 15.9. The number of para-hydroxylation sites is 2. The first-order valence-electron chi connectivity index (χ1n) is 12.6. The van der Waals surface area contributed by atoms with Crippen LogP contribution in [0.15, 0.2) is 78.9 Å². The van der Waals surface area contributed by atoms with Crippen LogP contribution in [0, 0.1) is 0 Å². The normalized spacial score (nSPS) is 15.6. The topological polar surface area (TPSA) is 8.17 Å². The molecule has 1 saturated heterocycles. The monoisotopic (exact) mass is 424 g/mol. The average Bonchev–Trinajstić information content (AvgIpc) is 3.18. The van der Waals surface area contributed by atoms with Crippen LogP contribution in [0.5, 0.6) is 0 Å². The van der Waals surface area contributed by atoms with Gasteiger partial charge in [-0.1, -0.05) is 86.0 Å². The van der Waals surface area contributed by atoms with Gasteiger partial charge < -0.3 is 9.47 Å². The summed E-state index contributed by atoms with van der Waals surface area (Å²) in [6.45, 7) is 4.95. The molecule has 0 saturated carbocycles. The van der Waals surface area contributed by atoms with Crippen LogP contribution >= 0.6 is 0 Å². The fraction of sp³-hybridized carbons (Fsp3) is 0.400. The van der Waals surface area contributed by atoms with Crippen LogP contribution in [-0.4, -0.2) is 29.1 Å². The molecule has 0 N–H and O–H groups in total. The van der Waals surface area contributed by atoms with Crippen molar-refractivity contribution in [2.75, 3.05) is 19.6 Å². The van der Waals surface area contributed by atoms with E-state index in [1.165, 1.54) is 91.9 Å². The fourth-order valence-electron chi connectivity index (χ4n) is 5.59. The van der Waals surface area contributed by atoms with Gasteiger partial charge in [-0.05, 0) is 68.9 Å². The smallest absolute Gasteiger partial charge is 0.0491 e. The molecule has 1 aromatic heterocycles. The number of fused-ring (bicyclic) bond motifs is 3. The molecular weight excluding hydrogens is 388 g/mol. The molecule has 0 aliphatic carbocycles. The number of nitrogens with zero attached hydrogens (tertiary/aromatic N) is 2. The van der Waals surface area contributed by atoms with E-state index in [9.17, 15) is 0 Å². The van der Waals surface area contributed by atoms with Crippen LogP contribution in [0.3, 0.4) is 0 Å². The van der Waals surface area contributed by atoms with E-state index >= 15 is 0 Å². The minimum atomic E-state index is 0.772. The lowest BCUT2D eigenvalue weighted by atomic mass is 9.89. The molecule has 3 aromatic carbocycles. The van der Waals surface area contributed by atoms with E-state index in [2.05, 4.69) is 88.3 Å².